The number of nitrogens with two attached hydrogens (primary N) is 1. The lowest BCUT2D eigenvalue weighted by molar-refractivity contribution is -0.134. The van der Waals surface area contributed by atoms with Crippen LogP contribution in [0.5, 0.6) is 0 Å². The van der Waals surface area contributed by atoms with Crippen LogP contribution < -0.4 is 5.73 Å². The Morgan fingerprint density at radius 2 is 1.38 bits per heavy atom. The molecule has 0 aliphatic rings. The van der Waals surface area contributed by atoms with Gasteiger partial charge in [0.15, 0.2) is 0 Å². The van der Waals surface area contributed by atoms with E-state index in [9.17, 15) is 13.2 Å². The Morgan fingerprint density at radius 1 is 1.25 bits per heavy atom. The Morgan fingerprint density at radius 3 is 1.50 bits per heavy atom. The van der Waals surface area contributed by atoms with Gasteiger partial charge in [-0.1, -0.05) is 0 Å². The molecular weight excluding hydrogens is 225 g/mol. The molecule has 0 heterocycles. The van der Waals surface area contributed by atoms with Crippen molar-refractivity contribution in [3.8, 4) is 0 Å². The standard InChI is InChI=1S/C6H3F3.C2H4O2.CH4N2/c7-4-1-5(8)3-6(9)2-4;1-2(3)4;2-1-3/h1-3H;1H3,(H,3,4);1H,(H3,2,3). The molecule has 1 aromatic carbocycles. The van der Waals surface area contributed by atoms with Gasteiger partial charge in [0, 0.05) is 25.1 Å². The molecule has 0 amide bonds. The lowest BCUT2D eigenvalue weighted by Gasteiger charge is -1.88. The van der Waals surface area contributed by atoms with E-state index >= 15 is 0 Å². The monoisotopic (exact) mass is 236 g/mol. The fourth-order valence-electron chi connectivity index (χ4n) is 0.520. The first-order valence-electron chi connectivity index (χ1n) is 3.85. The molecule has 0 spiro atoms. The van der Waals surface area contributed by atoms with Crippen molar-refractivity contribution >= 4 is 12.3 Å². The van der Waals surface area contributed by atoms with Gasteiger partial charge in [0.05, 0.1) is 6.34 Å². The average molecular weight is 236 g/mol. The van der Waals surface area contributed by atoms with E-state index in [4.69, 9.17) is 15.3 Å². The summed E-state index contributed by atoms with van der Waals surface area (Å²) in [4.78, 5) is 9.00. The number of nitrogens with one attached hydrogen (secondary N) is 1. The van der Waals surface area contributed by atoms with Crippen molar-refractivity contribution in [3.05, 3.63) is 35.7 Å². The van der Waals surface area contributed by atoms with Gasteiger partial charge < -0.3 is 10.8 Å². The van der Waals surface area contributed by atoms with Gasteiger partial charge in [-0.15, -0.1) is 0 Å². The maximum absolute atomic E-state index is 11.9. The number of hydrogen-bond donors (Lipinski definition) is 3. The second-order valence-corrected chi connectivity index (χ2v) is 2.27. The first-order chi connectivity index (χ1) is 7.33. The summed E-state index contributed by atoms with van der Waals surface area (Å²) in [5, 5.41) is 13.3. The summed E-state index contributed by atoms with van der Waals surface area (Å²) in [5.74, 6) is -3.52. The number of rotatable bonds is 0. The molecule has 90 valence electrons. The molecule has 0 aliphatic carbocycles. The molecule has 1 aromatic rings. The molecule has 0 atom stereocenters. The lowest BCUT2D eigenvalue weighted by atomic mass is 10.3. The largest absolute Gasteiger partial charge is 0.481 e. The number of hydrogen-bond acceptors (Lipinski definition) is 2. The van der Waals surface area contributed by atoms with Crippen LogP contribution in [-0.4, -0.2) is 17.4 Å². The number of benzene rings is 1. The first kappa shape index (κ1) is 16.4. The van der Waals surface area contributed by atoms with Crippen LogP contribution in [0.25, 0.3) is 0 Å². The molecule has 0 fully saturated rings. The van der Waals surface area contributed by atoms with Crippen LogP contribution in [0.3, 0.4) is 0 Å². The van der Waals surface area contributed by atoms with E-state index in [0.717, 1.165) is 13.3 Å². The number of halogens is 3. The minimum absolute atomic E-state index is 0.614. The highest BCUT2D eigenvalue weighted by Crippen LogP contribution is 2.04. The van der Waals surface area contributed by atoms with Gasteiger partial charge in [-0.05, 0) is 0 Å². The Kier molecular flexibility index (Phi) is 9.73. The van der Waals surface area contributed by atoms with Crippen LogP contribution in [0.4, 0.5) is 13.2 Å². The SMILES string of the molecule is CC(=O)O.Fc1cc(F)cc(F)c1.N=CN. The number of carboxylic acid groups (broad SMARTS) is 1. The normalized spacial score (nSPS) is 7.75. The number of carboxylic acids is 1. The molecule has 0 saturated heterocycles. The summed E-state index contributed by atoms with van der Waals surface area (Å²) in [6.45, 7) is 1.08. The predicted molar refractivity (Wildman–Crippen MR) is 52.6 cm³/mol. The fourth-order valence-corrected chi connectivity index (χ4v) is 0.520. The van der Waals surface area contributed by atoms with E-state index in [-0.39, 0.29) is 0 Å². The summed E-state index contributed by atoms with van der Waals surface area (Å²) in [5.41, 5.74) is 4.39. The van der Waals surface area contributed by atoms with Gasteiger partial charge in [0.25, 0.3) is 5.97 Å². The zero-order valence-electron chi connectivity index (χ0n) is 8.38. The minimum Gasteiger partial charge on any atom is -0.481 e. The van der Waals surface area contributed by atoms with Crippen LogP contribution in [0.2, 0.25) is 0 Å². The van der Waals surface area contributed by atoms with Crippen molar-refractivity contribution in [2.24, 2.45) is 5.73 Å². The van der Waals surface area contributed by atoms with E-state index in [1.54, 1.807) is 0 Å². The lowest BCUT2D eigenvalue weighted by Crippen LogP contribution is -1.81. The van der Waals surface area contributed by atoms with Crippen LogP contribution in [0.15, 0.2) is 18.2 Å². The van der Waals surface area contributed by atoms with Crippen LogP contribution in [0, 0.1) is 22.9 Å². The van der Waals surface area contributed by atoms with Crippen LogP contribution in [-0.2, 0) is 4.79 Å². The molecule has 16 heavy (non-hydrogen) atoms. The second kappa shape index (κ2) is 9.50. The van der Waals surface area contributed by atoms with Crippen molar-refractivity contribution in [2.45, 2.75) is 6.92 Å². The molecule has 0 aromatic heterocycles. The molecule has 0 aliphatic heterocycles. The zero-order chi connectivity index (χ0) is 13.1. The molecule has 4 nitrogen and oxygen atoms in total. The molecule has 0 radical (unpaired) electrons. The number of aliphatic carboxylic acids is 1. The molecule has 0 saturated carbocycles. The maximum atomic E-state index is 11.9. The summed E-state index contributed by atoms with van der Waals surface area (Å²) >= 11 is 0. The third kappa shape index (κ3) is 14.5. The Balaban J connectivity index is 0. The minimum atomic E-state index is -0.896. The van der Waals surface area contributed by atoms with Crippen molar-refractivity contribution in [1.82, 2.24) is 0 Å². The highest BCUT2D eigenvalue weighted by molar-refractivity contribution is 5.62. The predicted octanol–water partition coefficient (Wildman–Crippen LogP) is 1.75. The highest BCUT2D eigenvalue weighted by atomic mass is 19.1. The smallest absolute Gasteiger partial charge is 0.300 e. The number of carbonyl (C=O) groups is 1. The summed E-state index contributed by atoms with van der Waals surface area (Å²) in [7, 11) is 0. The average Bonchev–Trinajstić information content (AvgIpc) is 2.00. The maximum Gasteiger partial charge on any atom is 0.300 e. The van der Waals surface area contributed by atoms with Crippen molar-refractivity contribution < 1.29 is 23.1 Å². The molecule has 1 rings (SSSR count). The van der Waals surface area contributed by atoms with Crippen LogP contribution >= 0.6 is 0 Å². The van der Waals surface area contributed by atoms with Gasteiger partial charge >= 0.3 is 0 Å². The first-order valence-corrected chi connectivity index (χ1v) is 3.85. The zero-order valence-corrected chi connectivity index (χ0v) is 8.38. The third-order valence-corrected chi connectivity index (χ3v) is 0.827. The second-order valence-electron chi connectivity index (χ2n) is 2.27. The molecule has 7 heteroatoms. The van der Waals surface area contributed by atoms with E-state index in [2.05, 4.69) is 5.73 Å². The topological polar surface area (TPSA) is 87.2 Å². The highest BCUT2D eigenvalue weighted by Gasteiger charge is 1.96. The van der Waals surface area contributed by atoms with Gasteiger partial charge in [-0.2, -0.15) is 0 Å². The quantitative estimate of drug-likeness (QED) is 0.473. The Bertz CT molecular complexity index is 291. The molecule has 0 bridgehead atoms. The van der Waals surface area contributed by atoms with E-state index in [0.29, 0.717) is 18.2 Å². The van der Waals surface area contributed by atoms with Gasteiger partial charge in [-0.3, -0.25) is 10.2 Å². The summed E-state index contributed by atoms with van der Waals surface area (Å²) in [6.07, 6.45) is 0.750. The third-order valence-electron chi connectivity index (χ3n) is 0.827. The van der Waals surface area contributed by atoms with Crippen LogP contribution in [0.1, 0.15) is 6.92 Å². The summed E-state index contributed by atoms with van der Waals surface area (Å²) < 4.78 is 35.8. The Hall–Kier alpha value is -2.05. The van der Waals surface area contributed by atoms with E-state index < -0.39 is 23.4 Å². The van der Waals surface area contributed by atoms with Crippen molar-refractivity contribution in [3.63, 3.8) is 0 Å². The molecule has 4 N–H and O–H groups in total. The molecule has 0 unspecified atom stereocenters. The Labute approximate surface area is 90.0 Å². The molecular formula is C9H11F3N2O2. The van der Waals surface area contributed by atoms with Crippen molar-refractivity contribution in [2.75, 3.05) is 0 Å². The van der Waals surface area contributed by atoms with E-state index in [1.807, 2.05) is 0 Å². The van der Waals surface area contributed by atoms with Gasteiger partial charge in [-0.25, -0.2) is 13.2 Å². The van der Waals surface area contributed by atoms with Crippen molar-refractivity contribution in [1.29, 1.82) is 5.41 Å². The van der Waals surface area contributed by atoms with E-state index in [1.165, 1.54) is 0 Å². The fraction of sp³-hybridized carbons (Fsp3) is 0.111. The van der Waals surface area contributed by atoms with Gasteiger partial charge in [0.1, 0.15) is 17.5 Å². The summed E-state index contributed by atoms with van der Waals surface area (Å²) in [6, 6.07) is 1.84. The van der Waals surface area contributed by atoms with Gasteiger partial charge in [0.2, 0.25) is 0 Å².